The van der Waals surface area contributed by atoms with E-state index < -0.39 is 40.1 Å². The second-order valence-corrected chi connectivity index (χ2v) is 9.95. The van der Waals surface area contributed by atoms with E-state index in [1.165, 1.54) is 5.57 Å². The summed E-state index contributed by atoms with van der Waals surface area (Å²) in [5.74, 6) is -0.361. The second-order valence-electron chi connectivity index (χ2n) is 8.50. The summed E-state index contributed by atoms with van der Waals surface area (Å²) >= 11 is 0. The second kappa shape index (κ2) is 8.36. The Hall–Kier alpha value is -1.05. The molecule has 0 spiro atoms. The minimum Gasteiger partial charge on any atom is -0.390 e. The van der Waals surface area contributed by atoms with Crippen LogP contribution in [0, 0.1) is 5.92 Å². The van der Waals surface area contributed by atoms with E-state index in [2.05, 4.69) is 6.08 Å². The minimum atomic E-state index is -1.35. The smallest absolute Gasteiger partial charge is 0.100 e. The van der Waals surface area contributed by atoms with Gasteiger partial charge in [-0.1, -0.05) is 29.8 Å². The van der Waals surface area contributed by atoms with E-state index in [1.54, 1.807) is 7.11 Å². The van der Waals surface area contributed by atoms with Crippen LogP contribution in [-0.4, -0.2) is 56.8 Å². The maximum absolute atomic E-state index is 13.0. The Labute approximate surface area is 170 Å². The zero-order valence-corrected chi connectivity index (χ0v) is 17.9. The average molecular weight is 409 g/mol. The molecule has 1 saturated heterocycles. The van der Waals surface area contributed by atoms with Crippen molar-refractivity contribution in [2.75, 3.05) is 12.9 Å². The summed E-state index contributed by atoms with van der Waals surface area (Å²) in [5.41, 5.74) is -0.649. The number of methoxy groups -OCH3 is 1. The molecule has 156 valence electrons. The van der Waals surface area contributed by atoms with Gasteiger partial charge in [0, 0.05) is 17.9 Å². The van der Waals surface area contributed by atoms with Gasteiger partial charge in [0.15, 0.2) is 0 Å². The summed E-state index contributed by atoms with van der Waals surface area (Å²) in [5, 5.41) is 22.2. The van der Waals surface area contributed by atoms with Crippen LogP contribution in [0.15, 0.2) is 46.9 Å². The molecule has 0 aromatic heterocycles. The first-order valence-corrected chi connectivity index (χ1v) is 11.2. The Morgan fingerprint density at radius 1 is 1.36 bits per heavy atom. The molecular weight excluding hydrogens is 376 g/mol. The fourth-order valence-electron chi connectivity index (χ4n) is 4.61. The van der Waals surface area contributed by atoms with Crippen molar-refractivity contribution in [2.45, 2.75) is 74.4 Å². The zero-order valence-electron chi connectivity index (χ0n) is 17.1. The van der Waals surface area contributed by atoms with Crippen molar-refractivity contribution in [3.8, 4) is 0 Å². The van der Waals surface area contributed by atoms with Gasteiger partial charge in [-0.05, 0) is 52.2 Å². The number of epoxide rings is 1. The number of benzene rings is 1. The van der Waals surface area contributed by atoms with Crippen molar-refractivity contribution < 1.29 is 23.9 Å². The van der Waals surface area contributed by atoms with Crippen molar-refractivity contribution >= 4 is 10.8 Å². The third-order valence-electron chi connectivity index (χ3n) is 6.15. The number of hydrogen-bond donors (Lipinski definition) is 2. The number of allylic oxidation sites excluding steroid dienone is 1. The van der Waals surface area contributed by atoms with Gasteiger partial charge in [0.05, 0.1) is 40.5 Å². The minimum absolute atomic E-state index is 0.0490. The van der Waals surface area contributed by atoms with Crippen molar-refractivity contribution in [3.63, 3.8) is 0 Å². The van der Waals surface area contributed by atoms with E-state index in [1.807, 2.05) is 51.1 Å². The Morgan fingerprint density at radius 3 is 2.64 bits per heavy atom. The molecule has 1 heterocycles. The molecule has 0 bridgehead atoms. The molecule has 1 aliphatic carbocycles. The van der Waals surface area contributed by atoms with Gasteiger partial charge >= 0.3 is 0 Å². The lowest BCUT2D eigenvalue weighted by atomic mass is 9.66. The molecule has 3 rings (SSSR count). The number of rotatable bonds is 7. The average Bonchev–Trinajstić information content (AvgIpc) is 3.33. The summed E-state index contributed by atoms with van der Waals surface area (Å²) in [7, 11) is 0.200. The monoisotopic (exact) mass is 408 g/mol. The van der Waals surface area contributed by atoms with Crippen LogP contribution in [0.3, 0.4) is 0 Å². The molecule has 1 aromatic carbocycles. The van der Waals surface area contributed by atoms with Crippen LogP contribution in [0.5, 0.6) is 0 Å². The van der Waals surface area contributed by atoms with Crippen LogP contribution in [0.25, 0.3) is 0 Å². The van der Waals surface area contributed by atoms with Gasteiger partial charge in [-0.3, -0.25) is 4.21 Å². The molecule has 0 amide bonds. The molecule has 7 atom stereocenters. The van der Waals surface area contributed by atoms with E-state index in [4.69, 9.17) is 9.47 Å². The molecule has 28 heavy (non-hydrogen) atoms. The number of ether oxygens (including phenoxy) is 2. The van der Waals surface area contributed by atoms with Crippen LogP contribution >= 0.6 is 0 Å². The highest BCUT2D eigenvalue weighted by Gasteiger charge is 2.67. The predicted molar refractivity (Wildman–Crippen MR) is 110 cm³/mol. The highest BCUT2D eigenvalue weighted by atomic mass is 32.2. The van der Waals surface area contributed by atoms with Crippen molar-refractivity contribution in [2.24, 2.45) is 5.92 Å². The third kappa shape index (κ3) is 4.26. The fourth-order valence-corrected chi connectivity index (χ4v) is 6.02. The first-order chi connectivity index (χ1) is 13.2. The van der Waals surface area contributed by atoms with Gasteiger partial charge < -0.3 is 19.7 Å². The van der Waals surface area contributed by atoms with Crippen LogP contribution < -0.4 is 0 Å². The number of hydrogen-bond acceptors (Lipinski definition) is 5. The standard InChI is InChI=1S/C22H32O5S/c1-15(2)10-11-18-21(3,27-18)20-19(26-4)17(23)12-13-22(20,24)14-28(25)16-8-6-5-7-9-16/h5-10,17-20,23-24H,11-14H2,1-4H3/t17-,18-,19-,20-,21+,22+,28?/m1/s1. The highest BCUT2D eigenvalue weighted by Crippen LogP contribution is 2.54. The SMILES string of the molecule is CO[C@@H]1[C@H](O)CC[C@](O)(CS(=O)c2ccccc2)[C@H]1[C@@]1(C)O[C@@H]1CC=C(C)C. The summed E-state index contributed by atoms with van der Waals surface area (Å²) in [6.45, 7) is 6.06. The largest absolute Gasteiger partial charge is 0.390 e. The van der Waals surface area contributed by atoms with E-state index in [-0.39, 0.29) is 11.9 Å². The predicted octanol–water partition coefficient (Wildman–Crippen LogP) is 2.83. The zero-order chi connectivity index (χ0) is 20.5. The number of aliphatic hydroxyl groups is 2. The number of aliphatic hydroxyl groups excluding tert-OH is 1. The lowest BCUT2D eigenvalue weighted by Crippen LogP contribution is -2.61. The van der Waals surface area contributed by atoms with Crippen LogP contribution in [-0.2, 0) is 20.3 Å². The van der Waals surface area contributed by atoms with E-state index in [9.17, 15) is 14.4 Å². The lowest BCUT2D eigenvalue weighted by Gasteiger charge is -2.48. The van der Waals surface area contributed by atoms with Gasteiger partial charge in [-0.2, -0.15) is 0 Å². The van der Waals surface area contributed by atoms with E-state index in [0.29, 0.717) is 17.7 Å². The first kappa shape index (κ1) is 21.7. The third-order valence-corrected chi connectivity index (χ3v) is 7.72. The van der Waals surface area contributed by atoms with E-state index >= 15 is 0 Å². The lowest BCUT2D eigenvalue weighted by molar-refractivity contribution is -0.169. The molecule has 2 aliphatic rings. The molecule has 0 radical (unpaired) electrons. The van der Waals surface area contributed by atoms with Crippen LogP contribution in [0.1, 0.15) is 40.0 Å². The van der Waals surface area contributed by atoms with Crippen molar-refractivity contribution in [3.05, 3.63) is 42.0 Å². The Balaban J connectivity index is 1.87. The van der Waals surface area contributed by atoms with Crippen LogP contribution in [0.2, 0.25) is 0 Å². The maximum Gasteiger partial charge on any atom is 0.100 e. The van der Waals surface area contributed by atoms with Gasteiger partial charge in [0.2, 0.25) is 0 Å². The quantitative estimate of drug-likeness (QED) is 0.536. The molecule has 2 fully saturated rings. The molecule has 5 nitrogen and oxygen atoms in total. The maximum atomic E-state index is 13.0. The van der Waals surface area contributed by atoms with E-state index in [0.717, 1.165) is 6.42 Å². The molecule has 1 unspecified atom stereocenters. The molecule has 1 aliphatic heterocycles. The summed E-state index contributed by atoms with van der Waals surface area (Å²) in [4.78, 5) is 0.692. The Morgan fingerprint density at radius 2 is 2.04 bits per heavy atom. The molecule has 1 saturated carbocycles. The first-order valence-electron chi connectivity index (χ1n) is 9.89. The van der Waals surface area contributed by atoms with Gasteiger partial charge in [-0.25, -0.2) is 0 Å². The van der Waals surface area contributed by atoms with Gasteiger partial charge in [0.1, 0.15) is 5.60 Å². The normalized spacial score (nSPS) is 38.6. The molecule has 6 heteroatoms. The summed E-state index contributed by atoms with van der Waals surface area (Å²) < 4.78 is 24.7. The van der Waals surface area contributed by atoms with Crippen molar-refractivity contribution in [1.82, 2.24) is 0 Å². The molecule has 1 aromatic rings. The highest BCUT2D eigenvalue weighted by molar-refractivity contribution is 7.85. The molecule has 2 N–H and O–H groups in total. The fraction of sp³-hybridized carbons (Fsp3) is 0.636. The summed E-state index contributed by atoms with van der Waals surface area (Å²) in [6.07, 6.45) is 2.36. The Kier molecular flexibility index (Phi) is 6.47. The Bertz CT molecular complexity index is 732. The topological polar surface area (TPSA) is 79.3 Å². The van der Waals surface area contributed by atoms with Crippen molar-refractivity contribution in [1.29, 1.82) is 0 Å². The summed E-state index contributed by atoms with van der Waals surface area (Å²) in [6, 6.07) is 9.19. The van der Waals surface area contributed by atoms with Gasteiger partial charge in [-0.15, -0.1) is 0 Å². The van der Waals surface area contributed by atoms with Gasteiger partial charge in [0.25, 0.3) is 0 Å². The van der Waals surface area contributed by atoms with Crippen LogP contribution in [0.4, 0.5) is 0 Å². The molecular formula is C22H32O5S.